The zero-order chi connectivity index (χ0) is 13.9. The third-order valence-electron chi connectivity index (χ3n) is 3.65. The largest absolute Gasteiger partial charge is 0.345 e. The Balaban J connectivity index is 2.02. The maximum atomic E-state index is 5.42. The van der Waals surface area contributed by atoms with Gasteiger partial charge < -0.3 is 10.4 Å². The van der Waals surface area contributed by atoms with Gasteiger partial charge in [-0.15, -0.1) is 12.3 Å². The maximum absolute atomic E-state index is 5.42. The van der Waals surface area contributed by atoms with Crippen molar-refractivity contribution in [2.45, 2.75) is 25.8 Å². The van der Waals surface area contributed by atoms with Gasteiger partial charge in [0.15, 0.2) is 5.49 Å². The van der Waals surface area contributed by atoms with Crippen LogP contribution in [0.2, 0.25) is 0 Å². The SMILES string of the molecule is C#CCC(CC)n1cc(C2=c3cc[nH]c3=NNC2)cn1. The van der Waals surface area contributed by atoms with Crippen LogP contribution in [-0.4, -0.2) is 21.3 Å². The first-order chi connectivity index (χ1) is 9.83. The van der Waals surface area contributed by atoms with E-state index in [1.54, 1.807) is 0 Å². The molecule has 2 aromatic heterocycles. The van der Waals surface area contributed by atoms with Crippen molar-refractivity contribution in [2.75, 3.05) is 6.54 Å². The number of aromatic amines is 1. The number of fused-ring (bicyclic) bond motifs is 1. The van der Waals surface area contributed by atoms with E-state index < -0.39 is 0 Å². The lowest BCUT2D eigenvalue weighted by Crippen LogP contribution is -2.36. The van der Waals surface area contributed by atoms with E-state index in [2.05, 4.69) is 39.7 Å². The number of nitrogens with one attached hydrogen (secondary N) is 2. The monoisotopic (exact) mass is 267 g/mol. The molecule has 1 aliphatic rings. The predicted octanol–water partition coefficient (Wildman–Crippen LogP) is 0.522. The normalized spacial score (nSPS) is 14.9. The van der Waals surface area contributed by atoms with Crippen LogP contribution in [0.3, 0.4) is 0 Å². The molecule has 0 aromatic carbocycles. The van der Waals surface area contributed by atoms with E-state index in [1.165, 1.54) is 5.57 Å². The molecule has 1 unspecified atom stereocenters. The highest BCUT2D eigenvalue weighted by Gasteiger charge is 2.13. The van der Waals surface area contributed by atoms with Gasteiger partial charge >= 0.3 is 0 Å². The molecule has 3 rings (SSSR count). The highest BCUT2D eigenvalue weighted by molar-refractivity contribution is 5.65. The summed E-state index contributed by atoms with van der Waals surface area (Å²) in [6.07, 6.45) is 13.0. The topological polar surface area (TPSA) is 58.0 Å². The standard InChI is InChI=1S/C15H17N5/c1-3-5-12(4-2)20-10-11(8-18-20)14-9-17-19-15-13(14)6-7-16-15/h1,6-8,10,12,17H,4-5,9H2,2H3,(H,16,19). The molecule has 0 spiro atoms. The minimum absolute atomic E-state index is 0.265. The van der Waals surface area contributed by atoms with Gasteiger partial charge in [-0.3, -0.25) is 4.68 Å². The van der Waals surface area contributed by atoms with Crippen LogP contribution < -0.4 is 16.1 Å². The molecular formula is C15H17N5. The van der Waals surface area contributed by atoms with Gasteiger partial charge in [0.2, 0.25) is 0 Å². The minimum atomic E-state index is 0.265. The van der Waals surface area contributed by atoms with Crippen LogP contribution in [-0.2, 0) is 0 Å². The van der Waals surface area contributed by atoms with Crippen molar-refractivity contribution >= 4 is 5.57 Å². The molecule has 5 heteroatoms. The summed E-state index contributed by atoms with van der Waals surface area (Å²) in [7, 11) is 0. The Morgan fingerprint density at radius 3 is 3.25 bits per heavy atom. The van der Waals surface area contributed by atoms with Gasteiger partial charge in [0, 0.05) is 29.6 Å². The van der Waals surface area contributed by atoms with E-state index >= 15 is 0 Å². The second kappa shape index (κ2) is 5.25. The summed E-state index contributed by atoms with van der Waals surface area (Å²) in [6.45, 7) is 2.84. The Bertz CT molecular complexity index is 759. The number of nitrogens with zero attached hydrogens (tertiary/aromatic N) is 3. The van der Waals surface area contributed by atoms with Crippen molar-refractivity contribution in [1.82, 2.24) is 20.2 Å². The molecule has 0 saturated carbocycles. The van der Waals surface area contributed by atoms with Crippen molar-refractivity contribution in [3.05, 3.63) is 40.9 Å². The quantitative estimate of drug-likeness (QED) is 0.794. The number of rotatable bonds is 4. The van der Waals surface area contributed by atoms with E-state index in [1.807, 2.05) is 23.1 Å². The molecule has 1 atom stereocenters. The number of hydrogen-bond acceptors (Lipinski definition) is 3. The van der Waals surface area contributed by atoms with E-state index in [4.69, 9.17) is 6.42 Å². The molecule has 5 nitrogen and oxygen atoms in total. The fraction of sp³-hybridized carbons (Fsp3) is 0.333. The average Bonchev–Trinajstić information content (AvgIpc) is 3.12. The molecule has 1 aliphatic heterocycles. The highest BCUT2D eigenvalue weighted by atomic mass is 15.3. The molecule has 0 aliphatic carbocycles. The third kappa shape index (κ3) is 2.10. The summed E-state index contributed by atoms with van der Waals surface area (Å²) < 4.78 is 1.97. The van der Waals surface area contributed by atoms with Crippen molar-refractivity contribution in [1.29, 1.82) is 0 Å². The zero-order valence-electron chi connectivity index (χ0n) is 11.4. The summed E-state index contributed by atoms with van der Waals surface area (Å²) in [4.78, 5) is 3.11. The Kier molecular flexibility index (Phi) is 3.30. The van der Waals surface area contributed by atoms with Crippen LogP contribution in [0.25, 0.3) is 5.57 Å². The van der Waals surface area contributed by atoms with Crippen molar-refractivity contribution in [2.24, 2.45) is 5.10 Å². The fourth-order valence-corrected chi connectivity index (χ4v) is 2.50. The summed E-state index contributed by atoms with van der Waals surface area (Å²) in [5.74, 6) is 2.72. The van der Waals surface area contributed by atoms with Gasteiger partial charge in [-0.2, -0.15) is 10.2 Å². The first-order valence-electron chi connectivity index (χ1n) is 6.78. The van der Waals surface area contributed by atoms with Gasteiger partial charge in [0.25, 0.3) is 0 Å². The zero-order valence-corrected chi connectivity index (χ0v) is 11.4. The smallest absolute Gasteiger partial charge is 0.157 e. The van der Waals surface area contributed by atoms with Crippen LogP contribution in [0, 0.1) is 12.3 Å². The van der Waals surface area contributed by atoms with Gasteiger partial charge in [-0.25, -0.2) is 0 Å². The first kappa shape index (κ1) is 12.5. The molecule has 3 heterocycles. The van der Waals surface area contributed by atoms with E-state index in [-0.39, 0.29) is 6.04 Å². The molecule has 0 saturated heterocycles. The molecule has 2 aromatic rings. The molecule has 0 bridgehead atoms. The second-order valence-electron chi connectivity index (χ2n) is 4.84. The first-order valence-corrected chi connectivity index (χ1v) is 6.78. The van der Waals surface area contributed by atoms with Gasteiger partial charge in [-0.05, 0) is 18.1 Å². The summed E-state index contributed by atoms with van der Waals surface area (Å²) >= 11 is 0. The lowest BCUT2D eigenvalue weighted by molar-refractivity contribution is 0.450. The van der Waals surface area contributed by atoms with Crippen LogP contribution in [0.5, 0.6) is 0 Å². The van der Waals surface area contributed by atoms with Crippen molar-refractivity contribution in [3.8, 4) is 12.3 Å². The minimum Gasteiger partial charge on any atom is -0.345 e. The van der Waals surface area contributed by atoms with Crippen molar-refractivity contribution < 1.29 is 0 Å². The molecule has 2 N–H and O–H groups in total. The fourth-order valence-electron chi connectivity index (χ4n) is 2.50. The molecular weight excluding hydrogens is 250 g/mol. The Hall–Kier alpha value is -2.48. The molecule has 20 heavy (non-hydrogen) atoms. The van der Waals surface area contributed by atoms with Crippen molar-refractivity contribution in [3.63, 3.8) is 0 Å². The highest BCUT2D eigenvalue weighted by Crippen LogP contribution is 2.17. The molecule has 102 valence electrons. The Labute approximate surface area is 117 Å². The van der Waals surface area contributed by atoms with Crippen LogP contribution >= 0.6 is 0 Å². The van der Waals surface area contributed by atoms with Crippen LogP contribution in [0.1, 0.15) is 31.4 Å². The summed E-state index contributed by atoms with van der Waals surface area (Å²) in [5.41, 5.74) is 6.23. The van der Waals surface area contributed by atoms with Gasteiger partial charge in [-0.1, -0.05) is 6.92 Å². The third-order valence-corrected chi connectivity index (χ3v) is 3.65. The average molecular weight is 267 g/mol. The van der Waals surface area contributed by atoms with E-state index in [0.717, 1.165) is 22.7 Å². The van der Waals surface area contributed by atoms with Gasteiger partial charge in [0.05, 0.1) is 18.8 Å². The van der Waals surface area contributed by atoms with Gasteiger partial charge in [0.1, 0.15) is 0 Å². The van der Waals surface area contributed by atoms with Crippen LogP contribution in [0.15, 0.2) is 29.8 Å². The summed E-state index contributed by atoms with van der Waals surface area (Å²) in [6, 6.07) is 2.31. The van der Waals surface area contributed by atoms with Crippen LogP contribution in [0.4, 0.5) is 0 Å². The number of aromatic nitrogens is 3. The number of terminal acetylenes is 1. The number of hydrogen-bond donors (Lipinski definition) is 2. The lowest BCUT2D eigenvalue weighted by Gasteiger charge is -2.12. The molecule has 0 amide bonds. The Morgan fingerprint density at radius 1 is 1.55 bits per heavy atom. The molecule has 0 radical (unpaired) electrons. The Morgan fingerprint density at radius 2 is 2.45 bits per heavy atom. The van der Waals surface area contributed by atoms with E-state index in [9.17, 15) is 0 Å². The van der Waals surface area contributed by atoms with E-state index in [0.29, 0.717) is 13.0 Å². The maximum Gasteiger partial charge on any atom is 0.157 e. The predicted molar refractivity (Wildman–Crippen MR) is 77.1 cm³/mol. The molecule has 0 fully saturated rings. The lowest BCUT2D eigenvalue weighted by atomic mass is 10.1. The summed E-state index contributed by atoms with van der Waals surface area (Å²) in [5, 5.41) is 9.84. The second-order valence-corrected chi connectivity index (χ2v) is 4.84. The number of H-pyrrole nitrogens is 1.